The number of nitrogens with one attached hydrogen (secondary N) is 1. The number of hydrogen-bond donors (Lipinski definition) is 1. The summed E-state index contributed by atoms with van der Waals surface area (Å²) in [5.41, 5.74) is 2.09. The van der Waals surface area contributed by atoms with Crippen LogP contribution in [0.15, 0.2) is 30.5 Å². The molecule has 0 aliphatic carbocycles. The fourth-order valence-corrected chi connectivity index (χ4v) is 5.37. The number of rotatable bonds is 6. The van der Waals surface area contributed by atoms with Crippen molar-refractivity contribution in [2.45, 2.75) is 70.7 Å². The molecule has 4 rings (SSSR count). The number of amides is 1. The van der Waals surface area contributed by atoms with Crippen molar-refractivity contribution in [3.8, 4) is 11.3 Å². The average molecular weight is 482 g/mol. The van der Waals surface area contributed by atoms with Gasteiger partial charge in [-0.05, 0) is 64.2 Å². The first-order valence-electron chi connectivity index (χ1n) is 12.2. The Labute approximate surface area is 206 Å². The minimum Gasteiger partial charge on any atom is -0.467 e. The highest BCUT2D eigenvalue weighted by atomic mass is 32.1. The minimum absolute atomic E-state index is 0.0551. The largest absolute Gasteiger partial charge is 0.467 e. The monoisotopic (exact) mass is 481 g/mol. The van der Waals surface area contributed by atoms with E-state index in [1.54, 1.807) is 6.20 Å². The van der Waals surface area contributed by atoms with Crippen molar-refractivity contribution in [2.75, 3.05) is 26.2 Å². The second kappa shape index (κ2) is 10.9. The molecular weight excluding hydrogens is 446 g/mol. The van der Waals surface area contributed by atoms with Crippen molar-refractivity contribution in [2.24, 2.45) is 0 Å². The van der Waals surface area contributed by atoms with Crippen LogP contribution in [0.2, 0.25) is 0 Å². The molecule has 2 aliphatic heterocycles. The van der Waals surface area contributed by atoms with Gasteiger partial charge in [0.25, 0.3) is 11.1 Å². The molecule has 7 nitrogen and oxygen atoms in total. The van der Waals surface area contributed by atoms with Gasteiger partial charge in [-0.1, -0.05) is 23.5 Å². The molecule has 34 heavy (non-hydrogen) atoms. The van der Waals surface area contributed by atoms with Gasteiger partial charge in [-0.3, -0.25) is 14.6 Å². The number of carbonyl (C=O) groups is 1. The first kappa shape index (κ1) is 24.6. The molecule has 2 fully saturated rings. The number of aromatic nitrogens is 1. The Bertz CT molecular complexity index is 991. The van der Waals surface area contributed by atoms with Crippen LogP contribution >= 0.6 is 11.3 Å². The molecule has 2 saturated heterocycles. The lowest BCUT2D eigenvalue weighted by Gasteiger charge is -2.40. The Morgan fingerprint density at radius 2 is 1.82 bits per heavy atom. The van der Waals surface area contributed by atoms with E-state index in [1.165, 1.54) is 16.9 Å². The summed E-state index contributed by atoms with van der Waals surface area (Å²) >= 11 is 1.34. The summed E-state index contributed by atoms with van der Waals surface area (Å²) in [6.07, 6.45) is 5.63. The van der Waals surface area contributed by atoms with E-state index in [-0.39, 0.29) is 23.6 Å². The summed E-state index contributed by atoms with van der Waals surface area (Å²) < 4.78 is 6.10. The van der Waals surface area contributed by atoms with Gasteiger partial charge in [-0.15, -0.1) is 0 Å². The molecule has 1 N–H and O–H groups in total. The second-order valence-corrected chi connectivity index (χ2v) is 11.3. The van der Waals surface area contributed by atoms with E-state index >= 15 is 0 Å². The maximum atomic E-state index is 12.8. The summed E-state index contributed by atoms with van der Waals surface area (Å²) in [4.78, 5) is 22.6. The molecule has 0 saturated carbocycles. The van der Waals surface area contributed by atoms with Crippen LogP contribution in [-0.4, -0.2) is 64.6 Å². The molecule has 3 heterocycles. The molecule has 0 atom stereocenters. The summed E-state index contributed by atoms with van der Waals surface area (Å²) in [7, 11) is 0. The van der Waals surface area contributed by atoms with Crippen LogP contribution in [0.5, 0.6) is 5.19 Å². The second-order valence-electron chi connectivity index (χ2n) is 10.3. The Balaban J connectivity index is 1.19. The number of hydrogen-bond acceptors (Lipinski definition) is 7. The number of carbonyl (C=O) groups excluding carboxylic acids is 1. The quantitative estimate of drug-likeness (QED) is 0.670. The number of ether oxygens (including phenoxy) is 1. The van der Waals surface area contributed by atoms with Gasteiger partial charge in [0.1, 0.15) is 11.0 Å². The predicted octanol–water partition coefficient (Wildman–Crippen LogP) is 4.05. The number of piperidine rings is 2. The molecule has 8 heteroatoms. The van der Waals surface area contributed by atoms with Gasteiger partial charge in [0, 0.05) is 44.3 Å². The minimum atomic E-state index is -0.0551. The molecule has 1 aromatic heterocycles. The van der Waals surface area contributed by atoms with Gasteiger partial charge < -0.3 is 10.1 Å². The van der Waals surface area contributed by atoms with Crippen LogP contribution < -0.4 is 10.1 Å². The van der Waals surface area contributed by atoms with E-state index in [1.807, 2.05) is 24.3 Å². The fraction of sp³-hybridized carbons (Fsp3) is 0.577. The van der Waals surface area contributed by atoms with E-state index in [9.17, 15) is 4.79 Å². The number of thiazole rings is 1. The van der Waals surface area contributed by atoms with Gasteiger partial charge in [-0.25, -0.2) is 4.98 Å². The average Bonchev–Trinajstić information content (AvgIpc) is 3.29. The smallest absolute Gasteiger partial charge is 0.274 e. The Morgan fingerprint density at radius 3 is 2.44 bits per heavy atom. The zero-order valence-electron chi connectivity index (χ0n) is 20.4. The molecule has 2 aliphatic rings. The van der Waals surface area contributed by atoms with Crippen molar-refractivity contribution < 1.29 is 9.53 Å². The number of nitrogens with zero attached hydrogens (tertiary/aromatic N) is 4. The normalized spacial score (nSPS) is 19.0. The molecule has 0 radical (unpaired) electrons. The first-order chi connectivity index (χ1) is 16.3. The van der Waals surface area contributed by atoms with E-state index < -0.39 is 0 Å². The highest BCUT2D eigenvalue weighted by Gasteiger charge is 2.28. The van der Waals surface area contributed by atoms with Crippen molar-refractivity contribution in [3.63, 3.8) is 0 Å². The van der Waals surface area contributed by atoms with Gasteiger partial charge >= 0.3 is 0 Å². The number of nitriles is 1. The highest BCUT2D eigenvalue weighted by molar-refractivity contribution is 7.15. The van der Waals surface area contributed by atoms with Crippen molar-refractivity contribution >= 4 is 17.2 Å². The Morgan fingerprint density at radius 1 is 1.15 bits per heavy atom. The third-order valence-corrected chi connectivity index (χ3v) is 7.67. The van der Waals surface area contributed by atoms with Crippen LogP contribution in [0.3, 0.4) is 0 Å². The zero-order chi connectivity index (χ0) is 24.1. The Hall–Kier alpha value is -2.47. The standard InChI is InChI=1S/C26H35N5O2S/c1-26(2,3)31-14-10-22(11-15-31)33-25-28-17-23(34-25)24(32)29-21-8-12-30(13-9-21)18-20-6-4-19(16-27)5-7-20/h4-7,17,21-22H,8-15,18H2,1-3H3,(H,29,32). The highest BCUT2D eigenvalue weighted by Crippen LogP contribution is 2.27. The van der Waals surface area contributed by atoms with Crippen LogP contribution in [0.25, 0.3) is 0 Å². The van der Waals surface area contributed by atoms with Gasteiger partial charge in [-0.2, -0.15) is 5.26 Å². The lowest BCUT2D eigenvalue weighted by molar-refractivity contribution is 0.0490. The van der Waals surface area contributed by atoms with Crippen molar-refractivity contribution in [1.82, 2.24) is 20.1 Å². The van der Waals surface area contributed by atoms with E-state index in [4.69, 9.17) is 10.00 Å². The molecule has 0 unspecified atom stereocenters. The van der Waals surface area contributed by atoms with Crippen LogP contribution in [0, 0.1) is 11.3 Å². The lowest BCUT2D eigenvalue weighted by Crippen LogP contribution is -2.48. The number of likely N-dealkylation sites (tertiary alicyclic amines) is 2. The number of benzene rings is 1. The summed E-state index contributed by atoms with van der Waals surface area (Å²) in [5, 5.41) is 12.7. The fourth-order valence-electron chi connectivity index (χ4n) is 4.64. The van der Waals surface area contributed by atoms with Crippen molar-refractivity contribution in [1.29, 1.82) is 5.26 Å². The van der Waals surface area contributed by atoms with E-state index in [0.29, 0.717) is 15.6 Å². The first-order valence-corrected chi connectivity index (χ1v) is 13.0. The molecule has 0 bridgehead atoms. The summed E-state index contributed by atoms with van der Waals surface area (Å²) in [6.45, 7) is 11.5. The Kier molecular flexibility index (Phi) is 7.87. The van der Waals surface area contributed by atoms with Crippen molar-refractivity contribution in [3.05, 3.63) is 46.5 Å². The molecular formula is C26H35N5O2S. The summed E-state index contributed by atoms with van der Waals surface area (Å²) in [6, 6.07) is 10.1. The van der Waals surface area contributed by atoms with E-state index in [0.717, 1.165) is 58.4 Å². The van der Waals surface area contributed by atoms with Gasteiger partial charge in [0.05, 0.1) is 17.8 Å². The molecule has 2 aromatic rings. The van der Waals surface area contributed by atoms with E-state index in [2.05, 4.69) is 46.9 Å². The maximum absolute atomic E-state index is 12.8. The predicted molar refractivity (Wildman–Crippen MR) is 134 cm³/mol. The van der Waals surface area contributed by atoms with Crippen LogP contribution in [0.4, 0.5) is 0 Å². The third-order valence-electron chi connectivity index (χ3n) is 6.78. The maximum Gasteiger partial charge on any atom is 0.274 e. The third kappa shape index (κ3) is 6.56. The zero-order valence-corrected chi connectivity index (χ0v) is 21.2. The SMILES string of the molecule is CC(C)(C)N1CCC(Oc2ncc(C(=O)NC3CCN(Cc4ccc(C#N)cc4)CC3)s2)CC1. The molecule has 1 amide bonds. The molecule has 1 aromatic carbocycles. The van der Waals surface area contributed by atoms with Gasteiger partial charge in [0.15, 0.2) is 0 Å². The van der Waals surface area contributed by atoms with Crippen LogP contribution in [-0.2, 0) is 6.54 Å². The lowest BCUT2D eigenvalue weighted by atomic mass is 9.99. The van der Waals surface area contributed by atoms with Gasteiger partial charge in [0.2, 0.25) is 0 Å². The molecule has 0 spiro atoms. The summed E-state index contributed by atoms with van der Waals surface area (Å²) in [5.74, 6) is -0.0551. The molecule has 182 valence electrons. The van der Waals surface area contributed by atoms with Crippen LogP contribution in [0.1, 0.15) is 67.3 Å². The topological polar surface area (TPSA) is 81.5 Å².